The van der Waals surface area contributed by atoms with Crippen LogP contribution in [0, 0.1) is 6.92 Å². The largest absolute Gasteiger partial charge is 0.588 e. The first-order valence-corrected chi connectivity index (χ1v) is 18.4. The Bertz CT molecular complexity index is 1520. The molecule has 264 valence electrons. The van der Waals surface area contributed by atoms with E-state index < -0.39 is 29.5 Å². The summed E-state index contributed by atoms with van der Waals surface area (Å²) in [6, 6.07) is 21.1. The Kier molecular flexibility index (Phi) is 12.8. The first-order chi connectivity index (χ1) is 23.7. The molecule has 0 spiro atoms. The predicted molar refractivity (Wildman–Crippen MR) is 185 cm³/mol. The fraction of sp³-hybridized carbons (Fsp3) is 0.474. The summed E-state index contributed by atoms with van der Waals surface area (Å²) in [6.07, 6.45) is 2.55. The average molecular weight is 697 g/mol. The molecular formula is C38H46F2N2O6S. The number of unbranched alkanes of at least 4 members (excludes halogenated alkanes) is 3. The molecule has 0 aromatic heterocycles. The van der Waals surface area contributed by atoms with E-state index in [-0.39, 0.29) is 44.2 Å². The number of rotatable bonds is 15. The molecule has 0 saturated heterocycles. The monoisotopic (exact) mass is 696 g/mol. The van der Waals surface area contributed by atoms with Crippen molar-refractivity contribution in [2.75, 3.05) is 26.4 Å². The van der Waals surface area contributed by atoms with Crippen molar-refractivity contribution >= 4 is 23.5 Å². The smallest absolute Gasteiger partial charge is 0.449 e. The molecule has 0 heterocycles. The van der Waals surface area contributed by atoms with Crippen molar-refractivity contribution < 1.29 is 37.1 Å². The minimum atomic E-state index is -2.67. The van der Waals surface area contributed by atoms with Gasteiger partial charge in [0.1, 0.15) is 18.0 Å². The highest BCUT2D eigenvalue weighted by atomic mass is 32.2. The van der Waals surface area contributed by atoms with Crippen molar-refractivity contribution in [1.82, 2.24) is 9.62 Å². The highest BCUT2D eigenvalue weighted by molar-refractivity contribution is 7.90. The van der Waals surface area contributed by atoms with Gasteiger partial charge < -0.3 is 23.7 Å². The Morgan fingerprint density at radius 1 is 0.918 bits per heavy atom. The number of carbonyl (C=O) groups excluding carboxylic acids is 2. The summed E-state index contributed by atoms with van der Waals surface area (Å²) in [5.74, 6) is -2.38. The van der Waals surface area contributed by atoms with Crippen LogP contribution in [-0.4, -0.2) is 60.0 Å². The molecule has 5 rings (SSSR count). The molecule has 2 aliphatic rings. The molecule has 49 heavy (non-hydrogen) atoms. The standard InChI is InChI=1S/C38H46F2N2O6S/c1-3-4-23-47-37(44)42(28-18-20-38(39,40)21-19-28)22-10-5-11-24-46-34-25-27(2)16-17-35(34)49(45)41-36(43)48-26-33-31-14-8-6-12-29(31)30-13-7-9-15-32(30)33/h6-9,12-17,25,28,33H,3-5,10-11,18-24,26H2,1-2H3,(H,41,43). The molecular weight excluding hydrogens is 650 g/mol. The summed E-state index contributed by atoms with van der Waals surface area (Å²) in [7, 11) is 0. The van der Waals surface area contributed by atoms with Crippen molar-refractivity contribution in [2.45, 2.75) is 94.4 Å². The maximum atomic E-state index is 13.8. The summed E-state index contributed by atoms with van der Waals surface area (Å²) < 4.78 is 60.3. The van der Waals surface area contributed by atoms with E-state index in [1.54, 1.807) is 23.1 Å². The third-order valence-electron chi connectivity index (χ3n) is 9.20. The number of alkyl halides is 2. The van der Waals surface area contributed by atoms with Gasteiger partial charge in [-0.1, -0.05) is 67.9 Å². The predicted octanol–water partition coefficient (Wildman–Crippen LogP) is 8.92. The second-order valence-electron chi connectivity index (χ2n) is 12.8. The fourth-order valence-electron chi connectivity index (χ4n) is 6.53. The number of hydrogen-bond donors (Lipinski definition) is 1. The molecule has 11 heteroatoms. The summed E-state index contributed by atoms with van der Waals surface area (Å²) in [4.78, 5) is 27.6. The molecule has 1 unspecified atom stereocenters. The van der Waals surface area contributed by atoms with Crippen molar-refractivity contribution in [3.05, 3.63) is 83.4 Å². The van der Waals surface area contributed by atoms with Crippen molar-refractivity contribution in [3.8, 4) is 16.9 Å². The Balaban J connectivity index is 1.09. The molecule has 3 aromatic carbocycles. The molecule has 1 N–H and O–H groups in total. The molecule has 0 bridgehead atoms. The molecule has 1 saturated carbocycles. The number of fused-ring (bicyclic) bond motifs is 3. The van der Waals surface area contributed by atoms with Crippen molar-refractivity contribution in [1.29, 1.82) is 0 Å². The molecule has 1 fully saturated rings. The summed E-state index contributed by atoms with van der Waals surface area (Å²) in [5, 5.41) is 0. The van der Waals surface area contributed by atoms with Crippen LogP contribution in [-0.2, 0) is 20.8 Å². The van der Waals surface area contributed by atoms with Gasteiger partial charge >= 0.3 is 12.2 Å². The van der Waals surface area contributed by atoms with Crippen LogP contribution in [0.5, 0.6) is 5.75 Å². The maximum Gasteiger partial charge on any atom is 0.449 e. The topological polar surface area (TPSA) is 100 Å². The van der Waals surface area contributed by atoms with Gasteiger partial charge in [0.15, 0.2) is 5.75 Å². The van der Waals surface area contributed by atoms with Gasteiger partial charge in [0.05, 0.1) is 13.2 Å². The number of nitrogens with one attached hydrogen (secondary N) is 1. The number of carbonyl (C=O) groups is 2. The van der Waals surface area contributed by atoms with Gasteiger partial charge in [-0.2, -0.15) is 0 Å². The third kappa shape index (κ3) is 9.66. The van der Waals surface area contributed by atoms with Crippen LogP contribution in [0.3, 0.4) is 0 Å². The minimum absolute atomic E-state index is 0.107. The lowest BCUT2D eigenvalue weighted by molar-refractivity contribution is -0.0529. The first-order valence-electron chi connectivity index (χ1n) is 17.2. The second-order valence-corrected chi connectivity index (χ2v) is 14.0. The number of hydrogen-bond acceptors (Lipinski definition) is 6. The Labute approximate surface area is 290 Å². The third-order valence-corrected chi connectivity index (χ3v) is 10.3. The number of aryl methyl sites for hydroxylation is 1. The molecule has 3 aromatic rings. The van der Waals surface area contributed by atoms with Crippen molar-refractivity contribution in [3.63, 3.8) is 0 Å². The van der Waals surface area contributed by atoms with Gasteiger partial charge in [0, 0.05) is 31.3 Å². The second kappa shape index (κ2) is 17.2. The first kappa shape index (κ1) is 36.5. The fourth-order valence-corrected chi connectivity index (χ4v) is 7.34. The number of ether oxygens (including phenoxy) is 3. The number of nitrogens with zero attached hydrogens (tertiary/aromatic N) is 1. The summed E-state index contributed by atoms with van der Waals surface area (Å²) in [6.45, 7) is 5.08. The van der Waals surface area contributed by atoms with Crippen LogP contribution in [0.2, 0.25) is 0 Å². The maximum absolute atomic E-state index is 13.8. The zero-order chi connectivity index (χ0) is 34.8. The normalized spacial score (nSPS) is 15.9. The Morgan fingerprint density at radius 3 is 2.27 bits per heavy atom. The SMILES string of the molecule is CCCCOC(=O)N(CCCCCOc1cc(C)ccc1[S+]([O-])NC(=O)OCC1c2ccccc2-c2ccccc21)C1CCC(F)(F)CC1. The average Bonchev–Trinajstić information content (AvgIpc) is 3.41. The summed E-state index contributed by atoms with van der Waals surface area (Å²) >= 11 is -1.92. The van der Waals surface area contributed by atoms with E-state index in [0.29, 0.717) is 43.2 Å². The minimum Gasteiger partial charge on any atom is -0.588 e. The number of halogens is 2. The lowest BCUT2D eigenvalue weighted by Crippen LogP contribution is -2.45. The Hall–Kier alpha value is -3.83. The number of benzene rings is 3. The van der Waals surface area contributed by atoms with Gasteiger partial charge in [-0.25, -0.2) is 18.4 Å². The van der Waals surface area contributed by atoms with Gasteiger partial charge in [-0.15, -0.1) is 4.72 Å². The number of amides is 2. The molecule has 1 atom stereocenters. The summed E-state index contributed by atoms with van der Waals surface area (Å²) in [5.41, 5.74) is 5.33. The van der Waals surface area contributed by atoms with Gasteiger partial charge in [-0.05, 0) is 85.4 Å². The van der Waals surface area contributed by atoms with Gasteiger partial charge in [0.2, 0.25) is 10.8 Å². The van der Waals surface area contributed by atoms with E-state index in [1.165, 1.54) is 0 Å². The van der Waals surface area contributed by atoms with E-state index >= 15 is 0 Å². The molecule has 2 amide bonds. The van der Waals surface area contributed by atoms with Crippen LogP contribution < -0.4 is 9.46 Å². The Morgan fingerprint density at radius 2 is 1.59 bits per heavy atom. The lowest BCUT2D eigenvalue weighted by Gasteiger charge is -2.36. The van der Waals surface area contributed by atoms with Gasteiger partial charge in [0.25, 0.3) is 0 Å². The van der Waals surface area contributed by atoms with Gasteiger partial charge in [-0.3, -0.25) is 0 Å². The van der Waals surface area contributed by atoms with Crippen LogP contribution in [0.15, 0.2) is 71.6 Å². The van der Waals surface area contributed by atoms with E-state index in [2.05, 4.69) is 16.9 Å². The van der Waals surface area contributed by atoms with Crippen molar-refractivity contribution in [2.24, 2.45) is 0 Å². The van der Waals surface area contributed by atoms with E-state index in [0.717, 1.165) is 47.1 Å². The van der Waals surface area contributed by atoms with Crippen LogP contribution in [0.1, 0.15) is 87.3 Å². The van der Waals surface area contributed by atoms with E-state index in [9.17, 15) is 22.9 Å². The zero-order valence-electron chi connectivity index (χ0n) is 28.3. The quantitative estimate of drug-likeness (QED) is 0.126. The lowest BCUT2D eigenvalue weighted by atomic mass is 9.91. The van der Waals surface area contributed by atoms with Crippen LogP contribution >= 0.6 is 0 Å². The van der Waals surface area contributed by atoms with E-state index in [1.807, 2.05) is 50.2 Å². The molecule has 2 aliphatic carbocycles. The van der Waals surface area contributed by atoms with Crippen LogP contribution in [0.25, 0.3) is 11.1 Å². The molecule has 8 nitrogen and oxygen atoms in total. The van der Waals surface area contributed by atoms with Crippen LogP contribution in [0.4, 0.5) is 18.4 Å². The van der Waals surface area contributed by atoms with E-state index in [4.69, 9.17) is 14.2 Å². The molecule has 0 radical (unpaired) electrons. The highest BCUT2D eigenvalue weighted by Gasteiger charge is 2.38. The molecule has 0 aliphatic heterocycles. The zero-order valence-corrected chi connectivity index (χ0v) is 29.1. The highest BCUT2D eigenvalue weighted by Crippen LogP contribution is 2.44.